The summed E-state index contributed by atoms with van der Waals surface area (Å²) in [6, 6.07) is 8.12. The highest BCUT2D eigenvalue weighted by molar-refractivity contribution is 7.99. The van der Waals surface area contributed by atoms with E-state index in [4.69, 9.17) is 10.5 Å². The molecule has 0 amide bonds. The molecule has 0 saturated carbocycles. The summed E-state index contributed by atoms with van der Waals surface area (Å²) in [7, 11) is 0. The van der Waals surface area contributed by atoms with E-state index in [0.717, 1.165) is 24.8 Å². The standard InChI is InChI=1S/C12H17NOS/c13-11-2-1-3-12(8-11)15-9-10-4-6-14-7-5-10/h1-3,8,10H,4-7,9,13H2. The highest BCUT2D eigenvalue weighted by Gasteiger charge is 2.13. The Morgan fingerprint density at radius 3 is 2.87 bits per heavy atom. The number of hydrogen-bond acceptors (Lipinski definition) is 3. The maximum Gasteiger partial charge on any atom is 0.0468 e. The lowest BCUT2D eigenvalue weighted by Gasteiger charge is -2.21. The summed E-state index contributed by atoms with van der Waals surface area (Å²) >= 11 is 1.91. The van der Waals surface area contributed by atoms with Crippen molar-refractivity contribution in [1.82, 2.24) is 0 Å². The Morgan fingerprint density at radius 2 is 2.13 bits per heavy atom. The van der Waals surface area contributed by atoms with Crippen LogP contribution in [0.5, 0.6) is 0 Å². The van der Waals surface area contributed by atoms with Crippen LogP contribution < -0.4 is 5.73 Å². The SMILES string of the molecule is Nc1cccc(SCC2CCOCC2)c1. The van der Waals surface area contributed by atoms with Crippen LogP contribution in [0, 0.1) is 5.92 Å². The minimum atomic E-state index is 0.810. The lowest BCUT2D eigenvalue weighted by molar-refractivity contribution is 0.0728. The van der Waals surface area contributed by atoms with Gasteiger partial charge in [-0.3, -0.25) is 0 Å². The highest BCUT2D eigenvalue weighted by atomic mass is 32.2. The van der Waals surface area contributed by atoms with E-state index in [0.29, 0.717) is 0 Å². The average Bonchev–Trinajstić information content (AvgIpc) is 2.28. The van der Waals surface area contributed by atoms with Gasteiger partial charge in [-0.05, 0) is 37.0 Å². The first kappa shape index (κ1) is 10.8. The van der Waals surface area contributed by atoms with Gasteiger partial charge < -0.3 is 10.5 Å². The second kappa shape index (κ2) is 5.42. The molecule has 82 valence electrons. The molecule has 1 heterocycles. The third kappa shape index (κ3) is 3.43. The Balaban J connectivity index is 1.81. The van der Waals surface area contributed by atoms with E-state index < -0.39 is 0 Å². The number of thioether (sulfide) groups is 1. The number of ether oxygens (including phenoxy) is 1. The molecule has 2 rings (SSSR count). The Bertz CT molecular complexity index is 310. The molecule has 1 aromatic rings. The summed E-state index contributed by atoms with van der Waals surface area (Å²) in [5.41, 5.74) is 6.59. The van der Waals surface area contributed by atoms with E-state index in [1.54, 1.807) is 0 Å². The van der Waals surface area contributed by atoms with Gasteiger partial charge >= 0.3 is 0 Å². The molecule has 1 aromatic carbocycles. The topological polar surface area (TPSA) is 35.2 Å². The molecule has 1 fully saturated rings. The van der Waals surface area contributed by atoms with Crippen LogP contribution in [-0.2, 0) is 4.74 Å². The lowest BCUT2D eigenvalue weighted by Crippen LogP contribution is -2.17. The summed E-state index contributed by atoms with van der Waals surface area (Å²) < 4.78 is 5.34. The minimum Gasteiger partial charge on any atom is -0.399 e. The van der Waals surface area contributed by atoms with Crippen molar-refractivity contribution in [3.63, 3.8) is 0 Å². The van der Waals surface area contributed by atoms with Crippen LogP contribution in [0.15, 0.2) is 29.2 Å². The molecule has 0 atom stereocenters. The van der Waals surface area contributed by atoms with Crippen molar-refractivity contribution in [2.45, 2.75) is 17.7 Å². The zero-order chi connectivity index (χ0) is 10.5. The molecule has 15 heavy (non-hydrogen) atoms. The van der Waals surface area contributed by atoms with Crippen molar-refractivity contribution in [3.05, 3.63) is 24.3 Å². The summed E-state index contributed by atoms with van der Waals surface area (Å²) in [6.45, 7) is 1.87. The van der Waals surface area contributed by atoms with Crippen molar-refractivity contribution in [3.8, 4) is 0 Å². The zero-order valence-corrected chi connectivity index (χ0v) is 9.63. The molecule has 0 bridgehead atoms. The molecule has 0 aliphatic carbocycles. The molecular formula is C12H17NOS. The molecule has 2 N–H and O–H groups in total. The van der Waals surface area contributed by atoms with Crippen LogP contribution in [-0.4, -0.2) is 19.0 Å². The quantitative estimate of drug-likeness (QED) is 0.632. The van der Waals surface area contributed by atoms with Gasteiger partial charge in [0.2, 0.25) is 0 Å². The first-order chi connectivity index (χ1) is 7.34. The van der Waals surface area contributed by atoms with Gasteiger partial charge in [-0.1, -0.05) is 6.07 Å². The van der Waals surface area contributed by atoms with Crippen molar-refractivity contribution < 1.29 is 4.74 Å². The number of rotatable bonds is 3. The van der Waals surface area contributed by atoms with Crippen molar-refractivity contribution in [2.24, 2.45) is 5.92 Å². The van der Waals surface area contributed by atoms with Crippen LogP contribution in [0.3, 0.4) is 0 Å². The molecule has 0 unspecified atom stereocenters. The van der Waals surface area contributed by atoms with E-state index in [1.165, 1.54) is 23.5 Å². The van der Waals surface area contributed by atoms with E-state index in [1.807, 2.05) is 30.0 Å². The normalized spacial score (nSPS) is 17.9. The predicted octanol–water partition coefficient (Wildman–Crippen LogP) is 2.79. The van der Waals surface area contributed by atoms with Gasteiger partial charge in [-0.15, -0.1) is 11.8 Å². The van der Waals surface area contributed by atoms with E-state index >= 15 is 0 Å². The summed E-state index contributed by atoms with van der Waals surface area (Å²) in [6.07, 6.45) is 2.41. The second-order valence-corrected chi connectivity index (χ2v) is 5.03. The molecule has 3 heteroatoms. The molecule has 2 nitrogen and oxygen atoms in total. The number of nitrogens with two attached hydrogens (primary N) is 1. The van der Waals surface area contributed by atoms with Gasteiger partial charge in [-0.2, -0.15) is 0 Å². The third-order valence-corrected chi connectivity index (χ3v) is 3.91. The fraction of sp³-hybridized carbons (Fsp3) is 0.500. The van der Waals surface area contributed by atoms with Crippen LogP contribution in [0.2, 0.25) is 0 Å². The third-order valence-electron chi connectivity index (χ3n) is 2.68. The first-order valence-corrected chi connectivity index (χ1v) is 6.39. The minimum absolute atomic E-state index is 0.810. The molecule has 0 spiro atoms. The number of anilines is 1. The van der Waals surface area contributed by atoms with Crippen LogP contribution in [0.25, 0.3) is 0 Å². The van der Waals surface area contributed by atoms with Crippen molar-refractivity contribution in [2.75, 3.05) is 24.7 Å². The van der Waals surface area contributed by atoms with Gasteiger partial charge in [0, 0.05) is 29.5 Å². The monoisotopic (exact) mass is 223 g/mol. The van der Waals surface area contributed by atoms with Gasteiger partial charge in [-0.25, -0.2) is 0 Å². The maximum absolute atomic E-state index is 5.73. The van der Waals surface area contributed by atoms with Crippen molar-refractivity contribution >= 4 is 17.4 Å². The zero-order valence-electron chi connectivity index (χ0n) is 8.82. The summed E-state index contributed by atoms with van der Waals surface area (Å²) in [4.78, 5) is 1.28. The summed E-state index contributed by atoms with van der Waals surface area (Å²) in [5, 5.41) is 0. The second-order valence-electron chi connectivity index (χ2n) is 3.94. The molecule has 1 aliphatic rings. The van der Waals surface area contributed by atoms with Gasteiger partial charge in [0.1, 0.15) is 0 Å². The van der Waals surface area contributed by atoms with Crippen LogP contribution in [0.4, 0.5) is 5.69 Å². The van der Waals surface area contributed by atoms with Crippen LogP contribution in [0.1, 0.15) is 12.8 Å². The average molecular weight is 223 g/mol. The van der Waals surface area contributed by atoms with Gasteiger partial charge in [0.25, 0.3) is 0 Å². The van der Waals surface area contributed by atoms with Crippen LogP contribution >= 0.6 is 11.8 Å². The predicted molar refractivity (Wildman–Crippen MR) is 65.1 cm³/mol. The van der Waals surface area contributed by atoms with E-state index in [2.05, 4.69) is 6.07 Å². The van der Waals surface area contributed by atoms with Crippen molar-refractivity contribution in [1.29, 1.82) is 0 Å². The van der Waals surface area contributed by atoms with E-state index in [-0.39, 0.29) is 0 Å². The Morgan fingerprint density at radius 1 is 1.33 bits per heavy atom. The molecule has 0 radical (unpaired) electrons. The molecule has 1 saturated heterocycles. The Kier molecular flexibility index (Phi) is 3.92. The van der Waals surface area contributed by atoms with Gasteiger partial charge in [0.15, 0.2) is 0 Å². The largest absolute Gasteiger partial charge is 0.399 e. The first-order valence-electron chi connectivity index (χ1n) is 5.40. The Hall–Kier alpha value is -0.670. The Labute approximate surface area is 95.2 Å². The maximum atomic E-state index is 5.73. The fourth-order valence-electron chi connectivity index (χ4n) is 1.73. The fourth-order valence-corrected chi connectivity index (χ4v) is 2.89. The highest BCUT2D eigenvalue weighted by Crippen LogP contribution is 2.26. The van der Waals surface area contributed by atoms with E-state index in [9.17, 15) is 0 Å². The molecule has 1 aliphatic heterocycles. The molecule has 0 aromatic heterocycles. The number of benzene rings is 1. The smallest absolute Gasteiger partial charge is 0.0468 e. The lowest BCUT2D eigenvalue weighted by atomic mass is 10.0. The summed E-state index contributed by atoms with van der Waals surface area (Å²) in [5.74, 6) is 2.00. The number of hydrogen-bond donors (Lipinski definition) is 1. The number of nitrogen functional groups attached to an aromatic ring is 1. The molecular weight excluding hydrogens is 206 g/mol. The van der Waals surface area contributed by atoms with Gasteiger partial charge in [0.05, 0.1) is 0 Å².